The number of aliphatic hydroxyl groups excluding tert-OH is 1. The second-order valence-corrected chi connectivity index (χ2v) is 4.19. The number of nitrogens with zero attached hydrogens (tertiary/aromatic N) is 3. The van der Waals surface area contributed by atoms with E-state index < -0.39 is 12.0 Å². The molecule has 0 amide bonds. The van der Waals surface area contributed by atoms with Gasteiger partial charge in [-0.2, -0.15) is 13.2 Å². The van der Waals surface area contributed by atoms with Gasteiger partial charge in [-0.25, -0.2) is 9.97 Å². The van der Waals surface area contributed by atoms with Gasteiger partial charge in [-0.15, -0.1) is 0 Å². The molecule has 8 heteroatoms. The minimum atomic E-state index is -4.61. The summed E-state index contributed by atoms with van der Waals surface area (Å²) in [7, 11) is 1.48. The van der Waals surface area contributed by atoms with Crippen LogP contribution < -0.4 is 10.2 Å². The molecule has 108 valence electrons. The number of hydrogen-bond acceptors (Lipinski definition) is 5. The number of hydrogen-bond donors (Lipinski definition) is 2. The second-order valence-electron chi connectivity index (χ2n) is 4.19. The van der Waals surface area contributed by atoms with E-state index in [-0.39, 0.29) is 30.8 Å². The summed E-state index contributed by atoms with van der Waals surface area (Å²) >= 11 is 0. The summed E-state index contributed by atoms with van der Waals surface area (Å²) in [5, 5.41) is 11.6. The number of aliphatic hydroxyl groups is 1. The van der Waals surface area contributed by atoms with E-state index in [2.05, 4.69) is 15.3 Å². The first kappa shape index (κ1) is 15.5. The van der Waals surface area contributed by atoms with Crippen LogP contribution in [-0.4, -0.2) is 41.3 Å². The van der Waals surface area contributed by atoms with Crippen molar-refractivity contribution in [3.63, 3.8) is 0 Å². The average molecular weight is 278 g/mol. The molecule has 0 atom stereocenters. The van der Waals surface area contributed by atoms with Crippen molar-refractivity contribution in [3.8, 4) is 0 Å². The van der Waals surface area contributed by atoms with Gasteiger partial charge in [0.25, 0.3) is 0 Å². The molecule has 0 radical (unpaired) electrons. The van der Waals surface area contributed by atoms with E-state index in [0.29, 0.717) is 0 Å². The van der Waals surface area contributed by atoms with Gasteiger partial charge in [0.2, 0.25) is 5.82 Å². The molecule has 0 saturated carbocycles. The molecule has 1 heterocycles. The summed E-state index contributed by atoms with van der Waals surface area (Å²) in [6.07, 6.45) is -4.61. The Hall–Kier alpha value is -1.57. The highest BCUT2D eigenvalue weighted by atomic mass is 19.4. The summed E-state index contributed by atoms with van der Waals surface area (Å²) in [6.45, 7) is 3.65. The van der Waals surface area contributed by atoms with E-state index >= 15 is 0 Å². The van der Waals surface area contributed by atoms with E-state index in [9.17, 15) is 13.2 Å². The summed E-state index contributed by atoms with van der Waals surface area (Å²) in [5.74, 6) is -0.977. The molecule has 0 fully saturated rings. The van der Waals surface area contributed by atoms with Gasteiger partial charge in [0.05, 0.1) is 6.61 Å². The van der Waals surface area contributed by atoms with Crippen LogP contribution in [-0.2, 0) is 6.18 Å². The van der Waals surface area contributed by atoms with Crippen LogP contribution in [0.5, 0.6) is 0 Å². The smallest absolute Gasteiger partial charge is 0.395 e. The van der Waals surface area contributed by atoms with Crippen molar-refractivity contribution in [2.24, 2.45) is 0 Å². The minimum absolute atomic E-state index is 0.0842. The highest BCUT2D eigenvalue weighted by Crippen LogP contribution is 2.29. The highest BCUT2D eigenvalue weighted by molar-refractivity contribution is 5.50. The maximum atomic E-state index is 12.7. The molecule has 0 aliphatic carbocycles. The van der Waals surface area contributed by atoms with Crippen LogP contribution >= 0.6 is 0 Å². The Morgan fingerprint density at radius 2 is 2.00 bits per heavy atom. The molecule has 0 aromatic carbocycles. The normalized spacial score (nSPS) is 11.8. The van der Waals surface area contributed by atoms with Gasteiger partial charge < -0.3 is 15.3 Å². The lowest BCUT2D eigenvalue weighted by molar-refractivity contribution is -0.144. The predicted octanol–water partition coefficient (Wildman–Crippen LogP) is 1.74. The van der Waals surface area contributed by atoms with Crippen LogP contribution in [0.15, 0.2) is 6.07 Å². The molecular formula is C11H17F3N4O. The Kier molecular flexibility index (Phi) is 4.93. The van der Waals surface area contributed by atoms with Gasteiger partial charge >= 0.3 is 6.18 Å². The molecule has 1 rings (SSSR count). The lowest BCUT2D eigenvalue weighted by Gasteiger charge is -2.27. The fourth-order valence-electron chi connectivity index (χ4n) is 1.58. The Morgan fingerprint density at radius 3 is 2.42 bits per heavy atom. The monoisotopic (exact) mass is 278 g/mol. The third kappa shape index (κ3) is 3.95. The number of anilines is 2. The topological polar surface area (TPSA) is 61.3 Å². The SMILES string of the molecule is CNc1cc(N(CCO)C(C)C)nc(C(F)(F)F)n1. The summed E-state index contributed by atoms with van der Waals surface area (Å²) in [5.41, 5.74) is 0. The Balaban J connectivity index is 3.25. The first-order valence-corrected chi connectivity index (χ1v) is 5.81. The first-order valence-electron chi connectivity index (χ1n) is 5.81. The zero-order valence-corrected chi connectivity index (χ0v) is 11.0. The first-order chi connectivity index (χ1) is 8.79. The van der Waals surface area contributed by atoms with Crippen molar-refractivity contribution in [2.75, 3.05) is 30.4 Å². The summed E-state index contributed by atoms with van der Waals surface area (Å²) in [6, 6.07) is 1.33. The number of halogens is 3. The van der Waals surface area contributed by atoms with Crippen LogP contribution in [0.25, 0.3) is 0 Å². The van der Waals surface area contributed by atoms with Gasteiger partial charge in [0, 0.05) is 25.7 Å². The van der Waals surface area contributed by atoms with Crippen molar-refractivity contribution >= 4 is 11.6 Å². The number of aromatic nitrogens is 2. The van der Waals surface area contributed by atoms with Crippen LogP contribution in [0, 0.1) is 0 Å². The van der Waals surface area contributed by atoms with Crippen molar-refractivity contribution < 1.29 is 18.3 Å². The second kappa shape index (κ2) is 6.05. The summed E-state index contributed by atoms with van der Waals surface area (Å²) in [4.78, 5) is 8.50. The largest absolute Gasteiger partial charge is 0.451 e. The Morgan fingerprint density at radius 1 is 1.37 bits per heavy atom. The molecule has 19 heavy (non-hydrogen) atoms. The van der Waals surface area contributed by atoms with Crippen LogP contribution in [0.3, 0.4) is 0 Å². The van der Waals surface area contributed by atoms with Crippen molar-refractivity contribution in [1.29, 1.82) is 0 Å². The standard InChI is InChI=1S/C11H17F3N4O/c1-7(2)18(4-5-19)9-6-8(15-3)16-10(17-9)11(12,13)14/h6-7,19H,4-5H2,1-3H3,(H,15,16,17). The lowest BCUT2D eigenvalue weighted by atomic mass is 10.3. The molecule has 0 aliphatic heterocycles. The maximum absolute atomic E-state index is 12.7. The molecule has 1 aromatic rings. The Labute approximate surface area is 109 Å². The zero-order chi connectivity index (χ0) is 14.6. The van der Waals surface area contributed by atoms with E-state index in [1.54, 1.807) is 4.90 Å². The van der Waals surface area contributed by atoms with Crippen LogP contribution in [0.4, 0.5) is 24.8 Å². The van der Waals surface area contributed by atoms with E-state index in [0.717, 1.165) is 0 Å². The molecule has 0 saturated heterocycles. The quantitative estimate of drug-likeness (QED) is 0.859. The van der Waals surface area contributed by atoms with Gasteiger partial charge in [0.1, 0.15) is 11.6 Å². The molecule has 5 nitrogen and oxygen atoms in total. The average Bonchev–Trinajstić information content (AvgIpc) is 2.33. The van der Waals surface area contributed by atoms with E-state index in [1.807, 2.05) is 13.8 Å². The van der Waals surface area contributed by atoms with Crippen molar-refractivity contribution in [3.05, 3.63) is 11.9 Å². The third-order valence-corrected chi connectivity index (χ3v) is 2.48. The molecule has 0 bridgehead atoms. The number of rotatable bonds is 5. The zero-order valence-electron chi connectivity index (χ0n) is 11.0. The van der Waals surface area contributed by atoms with Gasteiger partial charge in [-0.1, -0.05) is 0 Å². The van der Waals surface area contributed by atoms with Crippen molar-refractivity contribution in [2.45, 2.75) is 26.1 Å². The minimum Gasteiger partial charge on any atom is -0.395 e. The third-order valence-electron chi connectivity index (χ3n) is 2.48. The summed E-state index contributed by atoms with van der Waals surface area (Å²) < 4.78 is 38.1. The number of alkyl halides is 3. The Bertz CT molecular complexity index is 423. The van der Waals surface area contributed by atoms with Gasteiger partial charge in [-0.3, -0.25) is 0 Å². The molecule has 0 unspecified atom stereocenters. The van der Waals surface area contributed by atoms with Crippen molar-refractivity contribution in [1.82, 2.24) is 9.97 Å². The molecule has 2 N–H and O–H groups in total. The molecule has 0 spiro atoms. The fourth-order valence-corrected chi connectivity index (χ4v) is 1.58. The van der Waals surface area contributed by atoms with E-state index in [4.69, 9.17) is 5.11 Å². The lowest BCUT2D eigenvalue weighted by Crippen LogP contribution is -2.34. The molecular weight excluding hydrogens is 261 g/mol. The molecule has 1 aromatic heterocycles. The predicted molar refractivity (Wildman–Crippen MR) is 66.1 cm³/mol. The molecule has 0 aliphatic rings. The highest BCUT2D eigenvalue weighted by Gasteiger charge is 2.36. The van der Waals surface area contributed by atoms with E-state index in [1.165, 1.54) is 13.1 Å². The van der Waals surface area contributed by atoms with Crippen LogP contribution in [0.2, 0.25) is 0 Å². The maximum Gasteiger partial charge on any atom is 0.451 e. The fraction of sp³-hybridized carbons (Fsp3) is 0.636. The van der Waals surface area contributed by atoms with Gasteiger partial charge in [-0.05, 0) is 13.8 Å². The van der Waals surface area contributed by atoms with Gasteiger partial charge in [0.15, 0.2) is 0 Å². The number of nitrogens with one attached hydrogen (secondary N) is 1. The van der Waals surface area contributed by atoms with Crippen LogP contribution in [0.1, 0.15) is 19.7 Å².